The molecule has 2 aromatic carbocycles. The van der Waals surface area contributed by atoms with Gasteiger partial charge in [-0.2, -0.15) is 0 Å². The predicted molar refractivity (Wildman–Crippen MR) is 97.3 cm³/mol. The minimum Gasteiger partial charge on any atom is -0.492 e. The minimum atomic E-state index is -0.524. The summed E-state index contributed by atoms with van der Waals surface area (Å²) in [7, 11) is 0. The Labute approximate surface area is 155 Å². The van der Waals surface area contributed by atoms with Crippen LogP contribution in [0.2, 0.25) is 0 Å². The van der Waals surface area contributed by atoms with Crippen molar-refractivity contribution in [1.29, 1.82) is 0 Å². The summed E-state index contributed by atoms with van der Waals surface area (Å²) in [4.78, 5) is 24.0. The summed E-state index contributed by atoms with van der Waals surface area (Å²) in [6.07, 6.45) is 0.896. The molecule has 0 unspecified atom stereocenters. The third kappa shape index (κ3) is 5.32. The molecule has 0 saturated heterocycles. The molecule has 5 nitrogen and oxygen atoms in total. The van der Waals surface area contributed by atoms with Crippen molar-refractivity contribution >= 4 is 27.9 Å². The van der Waals surface area contributed by atoms with Crippen LogP contribution in [-0.2, 0) is 4.74 Å². The maximum absolute atomic E-state index is 12.3. The van der Waals surface area contributed by atoms with E-state index in [0.717, 1.165) is 6.42 Å². The summed E-state index contributed by atoms with van der Waals surface area (Å²) >= 11 is 3.39. The Morgan fingerprint density at radius 3 is 2.44 bits per heavy atom. The number of benzene rings is 2. The molecule has 6 heteroatoms. The highest BCUT2D eigenvalue weighted by atomic mass is 79.9. The summed E-state index contributed by atoms with van der Waals surface area (Å²) in [6, 6.07) is 11.3. The van der Waals surface area contributed by atoms with Gasteiger partial charge in [0.1, 0.15) is 11.5 Å². The van der Waals surface area contributed by atoms with Gasteiger partial charge in [-0.05, 0) is 65.7 Å². The fraction of sp³-hybridized carbons (Fsp3) is 0.263. The summed E-state index contributed by atoms with van der Waals surface area (Å²) in [5.41, 5.74) is 0.703. The zero-order valence-electron chi connectivity index (χ0n) is 14.1. The quantitative estimate of drug-likeness (QED) is 0.495. The van der Waals surface area contributed by atoms with Crippen molar-refractivity contribution in [1.82, 2.24) is 0 Å². The first-order chi connectivity index (χ1) is 12.0. The van der Waals surface area contributed by atoms with Crippen LogP contribution in [0.3, 0.4) is 0 Å². The van der Waals surface area contributed by atoms with Crippen LogP contribution in [0.4, 0.5) is 0 Å². The Morgan fingerprint density at radius 2 is 1.76 bits per heavy atom. The highest BCUT2D eigenvalue weighted by molar-refractivity contribution is 9.10. The van der Waals surface area contributed by atoms with E-state index in [-0.39, 0.29) is 12.4 Å². The number of ether oxygens (including phenoxy) is 3. The summed E-state index contributed by atoms with van der Waals surface area (Å²) in [5.74, 6) is -0.0370. The molecule has 0 aliphatic rings. The van der Waals surface area contributed by atoms with Crippen LogP contribution in [0.15, 0.2) is 46.9 Å². The molecule has 25 heavy (non-hydrogen) atoms. The van der Waals surface area contributed by atoms with Gasteiger partial charge in [0.25, 0.3) is 0 Å². The van der Waals surface area contributed by atoms with Crippen molar-refractivity contribution in [2.45, 2.75) is 20.3 Å². The van der Waals surface area contributed by atoms with Crippen molar-refractivity contribution < 1.29 is 23.8 Å². The van der Waals surface area contributed by atoms with Gasteiger partial charge in [0.2, 0.25) is 0 Å². The van der Waals surface area contributed by atoms with Gasteiger partial charge in [-0.3, -0.25) is 0 Å². The molecule has 0 bridgehead atoms. The van der Waals surface area contributed by atoms with E-state index in [1.807, 2.05) is 6.92 Å². The lowest BCUT2D eigenvalue weighted by molar-refractivity contribution is 0.0524. The topological polar surface area (TPSA) is 61.8 Å². The SMILES string of the molecule is CCCOc1ccc(C(=O)Oc2cccc(C(=O)OCC)c2)cc1Br. The molecule has 0 radical (unpaired) electrons. The average Bonchev–Trinajstić information content (AvgIpc) is 2.61. The maximum Gasteiger partial charge on any atom is 0.343 e. The van der Waals surface area contributed by atoms with Crippen molar-refractivity contribution in [3.63, 3.8) is 0 Å². The van der Waals surface area contributed by atoms with Gasteiger partial charge >= 0.3 is 11.9 Å². The van der Waals surface area contributed by atoms with Crippen LogP contribution in [0.1, 0.15) is 41.0 Å². The van der Waals surface area contributed by atoms with Crippen LogP contribution in [-0.4, -0.2) is 25.2 Å². The smallest absolute Gasteiger partial charge is 0.343 e. The molecule has 0 N–H and O–H groups in total. The molecule has 0 aliphatic heterocycles. The molecule has 0 aromatic heterocycles. The fourth-order valence-electron chi connectivity index (χ4n) is 2.02. The zero-order chi connectivity index (χ0) is 18.2. The summed E-state index contributed by atoms with van der Waals surface area (Å²) in [6.45, 7) is 4.63. The molecule has 0 heterocycles. The van der Waals surface area contributed by atoms with Crippen LogP contribution < -0.4 is 9.47 Å². The molecule has 0 amide bonds. The minimum absolute atomic E-state index is 0.276. The first-order valence-electron chi connectivity index (χ1n) is 7.96. The van der Waals surface area contributed by atoms with Gasteiger partial charge in [-0.1, -0.05) is 13.0 Å². The monoisotopic (exact) mass is 406 g/mol. The van der Waals surface area contributed by atoms with Gasteiger partial charge < -0.3 is 14.2 Å². The third-order valence-corrected chi connectivity index (χ3v) is 3.80. The lowest BCUT2D eigenvalue weighted by atomic mass is 10.2. The van der Waals surface area contributed by atoms with Gasteiger partial charge in [-0.25, -0.2) is 9.59 Å². The van der Waals surface area contributed by atoms with Gasteiger partial charge in [0.05, 0.1) is 28.8 Å². The lowest BCUT2D eigenvalue weighted by Gasteiger charge is -2.09. The Bertz CT molecular complexity index is 757. The second-order valence-electron chi connectivity index (χ2n) is 5.13. The number of esters is 2. The van der Waals surface area contributed by atoms with Crippen LogP contribution in [0, 0.1) is 0 Å². The Hall–Kier alpha value is -2.34. The number of rotatable bonds is 7. The largest absolute Gasteiger partial charge is 0.492 e. The number of carbonyl (C=O) groups excluding carboxylic acids is 2. The number of carbonyl (C=O) groups is 2. The van der Waals surface area contributed by atoms with E-state index in [9.17, 15) is 9.59 Å². The van der Waals surface area contributed by atoms with Crippen LogP contribution >= 0.6 is 15.9 Å². The number of hydrogen-bond acceptors (Lipinski definition) is 5. The van der Waals surface area contributed by atoms with Gasteiger partial charge in [0.15, 0.2) is 0 Å². The van der Waals surface area contributed by atoms with E-state index in [4.69, 9.17) is 14.2 Å². The number of hydrogen-bond donors (Lipinski definition) is 0. The molecule has 2 aromatic rings. The third-order valence-electron chi connectivity index (χ3n) is 3.18. The van der Waals surface area contributed by atoms with E-state index < -0.39 is 11.9 Å². The van der Waals surface area contributed by atoms with Crippen LogP contribution in [0.25, 0.3) is 0 Å². The highest BCUT2D eigenvalue weighted by Crippen LogP contribution is 2.27. The Morgan fingerprint density at radius 1 is 1.00 bits per heavy atom. The molecule has 0 saturated carbocycles. The molecule has 0 atom stereocenters. The zero-order valence-corrected chi connectivity index (χ0v) is 15.7. The number of halogens is 1. The molecule has 0 fully saturated rings. The van der Waals surface area contributed by atoms with E-state index in [2.05, 4.69) is 15.9 Å². The normalized spacial score (nSPS) is 10.2. The lowest BCUT2D eigenvalue weighted by Crippen LogP contribution is -2.10. The van der Waals surface area contributed by atoms with Crippen molar-refractivity contribution in [2.75, 3.05) is 13.2 Å². The van der Waals surface area contributed by atoms with Crippen molar-refractivity contribution in [3.8, 4) is 11.5 Å². The molecule has 2 rings (SSSR count). The maximum atomic E-state index is 12.3. The molecular weight excluding hydrogens is 388 g/mol. The van der Waals surface area contributed by atoms with E-state index in [0.29, 0.717) is 28.0 Å². The summed E-state index contributed by atoms with van der Waals surface area (Å²) in [5, 5.41) is 0. The molecular formula is C19H19BrO5. The van der Waals surface area contributed by atoms with E-state index in [1.165, 1.54) is 6.07 Å². The second-order valence-corrected chi connectivity index (χ2v) is 5.99. The highest BCUT2D eigenvalue weighted by Gasteiger charge is 2.13. The Balaban J connectivity index is 2.10. The first-order valence-corrected chi connectivity index (χ1v) is 8.76. The van der Waals surface area contributed by atoms with Crippen molar-refractivity contribution in [2.24, 2.45) is 0 Å². The van der Waals surface area contributed by atoms with Crippen molar-refractivity contribution in [3.05, 3.63) is 58.1 Å². The fourth-order valence-corrected chi connectivity index (χ4v) is 2.52. The Kier molecular flexibility index (Phi) is 7.01. The van der Waals surface area contributed by atoms with Crippen LogP contribution in [0.5, 0.6) is 11.5 Å². The summed E-state index contributed by atoms with van der Waals surface area (Å²) < 4.78 is 16.5. The standard InChI is InChI=1S/C19H19BrO5/c1-3-10-24-17-9-8-14(12-16(17)20)19(22)25-15-7-5-6-13(11-15)18(21)23-4-2/h5-9,11-12H,3-4,10H2,1-2H3. The molecule has 0 aliphatic carbocycles. The van der Waals surface area contributed by atoms with E-state index >= 15 is 0 Å². The predicted octanol–water partition coefficient (Wildman–Crippen LogP) is 4.63. The first kappa shape index (κ1) is 19.0. The average molecular weight is 407 g/mol. The van der Waals surface area contributed by atoms with Gasteiger partial charge in [0, 0.05) is 0 Å². The van der Waals surface area contributed by atoms with E-state index in [1.54, 1.807) is 43.3 Å². The molecule has 0 spiro atoms. The van der Waals surface area contributed by atoms with Gasteiger partial charge in [-0.15, -0.1) is 0 Å². The second kappa shape index (κ2) is 9.22. The molecule has 132 valence electrons.